The van der Waals surface area contributed by atoms with Crippen LogP contribution in [0.25, 0.3) is 0 Å². The predicted octanol–water partition coefficient (Wildman–Crippen LogP) is 4.32. The van der Waals surface area contributed by atoms with E-state index >= 15 is 0 Å². The summed E-state index contributed by atoms with van der Waals surface area (Å²) in [6, 6.07) is 0. The van der Waals surface area contributed by atoms with Gasteiger partial charge in [0.1, 0.15) is 5.72 Å². The molecule has 138 valence electrons. The molecule has 1 saturated heterocycles. The second kappa shape index (κ2) is 8.18. The molecule has 0 aromatic carbocycles. The van der Waals surface area contributed by atoms with Gasteiger partial charge in [-0.3, -0.25) is 10.1 Å². The van der Waals surface area contributed by atoms with E-state index in [-0.39, 0.29) is 17.2 Å². The van der Waals surface area contributed by atoms with E-state index in [2.05, 4.69) is 5.32 Å². The van der Waals surface area contributed by atoms with Gasteiger partial charge in [0.2, 0.25) is 0 Å². The Hall–Kier alpha value is -0.610. The maximum Gasteiger partial charge on any atom is 0.302 e. The van der Waals surface area contributed by atoms with Crippen LogP contribution in [0.1, 0.15) is 90.4 Å². The number of esters is 1. The Morgan fingerprint density at radius 2 is 1.79 bits per heavy atom. The van der Waals surface area contributed by atoms with Gasteiger partial charge < -0.3 is 9.47 Å². The summed E-state index contributed by atoms with van der Waals surface area (Å²) >= 11 is 0. The van der Waals surface area contributed by atoms with E-state index in [4.69, 9.17) is 9.47 Å². The zero-order chi connectivity index (χ0) is 16.9. The molecule has 3 rings (SSSR count). The largest absolute Gasteiger partial charge is 0.466 e. The van der Waals surface area contributed by atoms with Gasteiger partial charge in [0.05, 0.1) is 13.2 Å². The van der Waals surface area contributed by atoms with Crippen molar-refractivity contribution in [2.75, 3.05) is 13.2 Å². The van der Waals surface area contributed by atoms with Crippen LogP contribution in [0.4, 0.5) is 0 Å². The fourth-order valence-corrected chi connectivity index (χ4v) is 4.96. The standard InChI is InChI=1S/C20H35NO3/c1-17(22)23-15-14-19(13-10-18-8-4-2-5-9-18)16-24-20(21-19)11-6-3-7-12-20/h18,21H,2-16H2,1H3. The van der Waals surface area contributed by atoms with E-state index in [0.717, 1.165) is 38.2 Å². The smallest absolute Gasteiger partial charge is 0.302 e. The van der Waals surface area contributed by atoms with Crippen molar-refractivity contribution in [1.82, 2.24) is 5.32 Å². The fraction of sp³-hybridized carbons (Fsp3) is 0.950. The lowest BCUT2D eigenvalue weighted by molar-refractivity contribution is -0.141. The molecular formula is C20H35NO3. The highest BCUT2D eigenvalue weighted by Crippen LogP contribution is 2.40. The predicted molar refractivity (Wildman–Crippen MR) is 94.7 cm³/mol. The number of carbonyl (C=O) groups excluding carboxylic acids is 1. The molecule has 0 radical (unpaired) electrons. The second-order valence-corrected chi connectivity index (χ2v) is 8.38. The highest BCUT2D eigenvalue weighted by atomic mass is 16.5. The first-order valence-corrected chi connectivity index (χ1v) is 10.2. The molecule has 4 nitrogen and oxygen atoms in total. The van der Waals surface area contributed by atoms with Crippen LogP contribution >= 0.6 is 0 Å². The summed E-state index contributed by atoms with van der Waals surface area (Å²) < 4.78 is 11.6. The Labute approximate surface area is 147 Å². The lowest BCUT2D eigenvalue weighted by atomic mass is 9.80. The summed E-state index contributed by atoms with van der Waals surface area (Å²) in [6.07, 6.45) is 16.4. The molecule has 0 bridgehead atoms. The zero-order valence-corrected chi connectivity index (χ0v) is 15.4. The van der Waals surface area contributed by atoms with Gasteiger partial charge in [-0.15, -0.1) is 0 Å². The summed E-state index contributed by atoms with van der Waals surface area (Å²) in [5.74, 6) is 0.706. The van der Waals surface area contributed by atoms with E-state index in [1.807, 2.05) is 0 Å². The van der Waals surface area contributed by atoms with E-state index in [0.29, 0.717) is 6.61 Å². The van der Waals surface area contributed by atoms with Crippen LogP contribution < -0.4 is 5.32 Å². The zero-order valence-electron chi connectivity index (χ0n) is 15.4. The Morgan fingerprint density at radius 1 is 1.08 bits per heavy atom. The number of nitrogens with one attached hydrogen (secondary N) is 1. The minimum Gasteiger partial charge on any atom is -0.466 e. The minimum atomic E-state index is -0.177. The third-order valence-corrected chi connectivity index (χ3v) is 6.42. The van der Waals surface area contributed by atoms with Gasteiger partial charge >= 0.3 is 5.97 Å². The Bertz CT molecular complexity index is 413. The molecule has 24 heavy (non-hydrogen) atoms. The Kier molecular flexibility index (Phi) is 6.20. The molecule has 2 aliphatic carbocycles. The molecule has 1 N–H and O–H groups in total. The van der Waals surface area contributed by atoms with Crippen molar-refractivity contribution in [2.24, 2.45) is 5.92 Å². The first-order valence-electron chi connectivity index (χ1n) is 10.2. The fourth-order valence-electron chi connectivity index (χ4n) is 4.96. The molecular weight excluding hydrogens is 302 g/mol. The molecule has 0 aromatic heterocycles. The van der Waals surface area contributed by atoms with Gasteiger partial charge in [0, 0.05) is 18.9 Å². The number of ether oxygens (including phenoxy) is 2. The van der Waals surface area contributed by atoms with Crippen molar-refractivity contribution in [3.8, 4) is 0 Å². The Morgan fingerprint density at radius 3 is 2.50 bits per heavy atom. The summed E-state index contributed by atoms with van der Waals surface area (Å²) in [6.45, 7) is 2.78. The van der Waals surface area contributed by atoms with Crippen LogP contribution in [0.3, 0.4) is 0 Å². The van der Waals surface area contributed by atoms with E-state index in [1.54, 1.807) is 0 Å². The topological polar surface area (TPSA) is 47.6 Å². The highest BCUT2D eigenvalue weighted by molar-refractivity contribution is 5.65. The van der Waals surface area contributed by atoms with Gasteiger partial charge in [0.15, 0.2) is 0 Å². The van der Waals surface area contributed by atoms with Gasteiger partial charge in [-0.1, -0.05) is 38.5 Å². The van der Waals surface area contributed by atoms with E-state index < -0.39 is 0 Å². The molecule has 0 amide bonds. The van der Waals surface area contributed by atoms with Crippen molar-refractivity contribution in [2.45, 2.75) is 102 Å². The van der Waals surface area contributed by atoms with Crippen molar-refractivity contribution < 1.29 is 14.3 Å². The first-order chi connectivity index (χ1) is 11.6. The summed E-state index contributed by atoms with van der Waals surface area (Å²) in [7, 11) is 0. The van der Waals surface area contributed by atoms with Crippen molar-refractivity contribution in [3.63, 3.8) is 0 Å². The number of hydrogen-bond acceptors (Lipinski definition) is 4. The van der Waals surface area contributed by atoms with Crippen molar-refractivity contribution in [3.05, 3.63) is 0 Å². The molecule has 1 heterocycles. The van der Waals surface area contributed by atoms with E-state index in [9.17, 15) is 4.79 Å². The van der Waals surface area contributed by atoms with Crippen LogP contribution in [0, 0.1) is 5.92 Å². The maximum atomic E-state index is 11.1. The third kappa shape index (κ3) is 4.72. The van der Waals surface area contributed by atoms with Crippen LogP contribution in [-0.4, -0.2) is 30.4 Å². The van der Waals surface area contributed by atoms with Gasteiger partial charge in [-0.05, 0) is 44.4 Å². The molecule has 1 spiro atoms. The third-order valence-electron chi connectivity index (χ3n) is 6.42. The number of rotatable bonds is 6. The molecule has 2 saturated carbocycles. The molecule has 0 aromatic rings. The van der Waals surface area contributed by atoms with Crippen LogP contribution in [-0.2, 0) is 14.3 Å². The average Bonchev–Trinajstić information content (AvgIpc) is 2.93. The van der Waals surface area contributed by atoms with Gasteiger partial charge in [0.25, 0.3) is 0 Å². The van der Waals surface area contributed by atoms with E-state index in [1.165, 1.54) is 64.7 Å². The average molecular weight is 338 g/mol. The maximum absolute atomic E-state index is 11.1. The molecule has 4 heteroatoms. The lowest BCUT2D eigenvalue weighted by Gasteiger charge is -2.37. The van der Waals surface area contributed by atoms with Crippen molar-refractivity contribution in [1.29, 1.82) is 0 Å². The highest BCUT2D eigenvalue weighted by Gasteiger charge is 2.48. The van der Waals surface area contributed by atoms with Gasteiger partial charge in [-0.25, -0.2) is 0 Å². The molecule has 1 atom stereocenters. The molecule has 3 aliphatic rings. The van der Waals surface area contributed by atoms with Crippen molar-refractivity contribution >= 4 is 5.97 Å². The first kappa shape index (κ1) is 18.2. The van der Waals surface area contributed by atoms with Gasteiger partial charge in [-0.2, -0.15) is 0 Å². The normalized spacial score (nSPS) is 30.5. The SMILES string of the molecule is CC(=O)OCCC1(CCC2CCCCC2)COC2(CCCCC2)N1. The van der Waals surface area contributed by atoms with Crippen LogP contribution in [0.5, 0.6) is 0 Å². The molecule has 1 aliphatic heterocycles. The summed E-state index contributed by atoms with van der Waals surface area (Å²) in [5.41, 5.74) is -0.0920. The molecule has 1 unspecified atom stereocenters. The quantitative estimate of drug-likeness (QED) is 0.733. The monoisotopic (exact) mass is 337 g/mol. The second-order valence-electron chi connectivity index (χ2n) is 8.38. The number of carbonyl (C=O) groups is 1. The number of hydrogen-bond donors (Lipinski definition) is 1. The molecule has 3 fully saturated rings. The summed E-state index contributed by atoms with van der Waals surface area (Å²) in [4.78, 5) is 11.1. The minimum absolute atomic E-state index is 0.00420. The summed E-state index contributed by atoms with van der Waals surface area (Å²) in [5, 5.41) is 3.92. The van der Waals surface area contributed by atoms with Crippen LogP contribution in [0.15, 0.2) is 0 Å². The Balaban J connectivity index is 1.59. The lowest BCUT2D eigenvalue weighted by Crippen LogP contribution is -2.53. The van der Waals surface area contributed by atoms with Crippen LogP contribution in [0.2, 0.25) is 0 Å².